The fourth-order valence-corrected chi connectivity index (χ4v) is 3.05. The van der Waals surface area contributed by atoms with Crippen LogP contribution < -0.4 is 10.9 Å². The quantitative estimate of drug-likeness (QED) is 0.350. The first-order valence-corrected chi connectivity index (χ1v) is 9.45. The van der Waals surface area contributed by atoms with Gasteiger partial charge in [0, 0.05) is 23.2 Å². The van der Waals surface area contributed by atoms with E-state index in [4.69, 9.17) is 0 Å². The van der Waals surface area contributed by atoms with Gasteiger partial charge in [-0.05, 0) is 31.2 Å². The van der Waals surface area contributed by atoms with Crippen LogP contribution >= 0.6 is 15.9 Å². The van der Waals surface area contributed by atoms with Gasteiger partial charge in [0.05, 0.1) is 11.4 Å². The van der Waals surface area contributed by atoms with Crippen molar-refractivity contribution in [1.82, 2.24) is 9.36 Å². The number of hydrogen-bond donors (Lipinski definition) is 2. The van der Waals surface area contributed by atoms with Gasteiger partial charge < -0.3 is 10.4 Å². The lowest BCUT2D eigenvalue weighted by molar-refractivity contribution is -0.132. The summed E-state index contributed by atoms with van der Waals surface area (Å²) in [5.41, 5.74) is 1.05. The van der Waals surface area contributed by atoms with Crippen LogP contribution in [0, 0.1) is 6.92 Å². The fraction of sp³-hybridized carbons (Fsp3) is 0.0952. The van der Waals surface area contributed by atoms with Crippen LogP contribution in [-0.4, -0.2) is 26.2 Å². The van der Waals surface area contributed by atoms with E-state index in [0.29, 0.717) is 16.9 Å². The summed E-state index contributed by atoms with van der Waals surface area (Å²) in [6.45, 7) is 1.66. The van der Waals surface area contributed by atoms with E-state index < -0.39 is 17.2 Å². The summed E-state index contributed by atoms with van der Waals surface area (Å²) in [6.07, 6.45) is 0.826. The first-order valence-electron chi connectivity index (χ1n) is 8.65. The molecule has 0 radical (unpaired) electrons. The van der Waals surface area contributed by atoms with Crippen molar-refractivity contribution in [2.24, 2.45) is 7.05 Å². The zero-order valence-corrected chi connectivity index (χ0v) is 17.3. The summed E-state index contributed by atoms with van der Waals surface area (Å²) >= 11 is 3.28. The van der Waals surface area contributed by atoms with Crippen molar-refractivity contribution in [2.75, 3.05) is 5.32 Å². The van der Waals surface area contributed by atoms with Crippen molar-refractivity contribution in [3.63, 3.8) is 0 Å². The Hall–Kier alpha value is -3.39. The molecule has 0 spiro atoms. The minimum Gasteiger partial charge on any atom is -0.507 e. The number of nitrogens with zero attached hydrogens (tertiary/aromatic N) is 2. The molecule has 0 atom stereocenters. The Bertz CT molecular complexity index is 1160. The Morgan fingerprint density at radius 1 is 1.07 bits per heavy atom. The summed E-state index contributed by atoms with van der Waals surface area (Å²) in [7, 11) is 1.68. The number of carbonyl (C=O) groups excluding carboxylic acids is 2. The van der Waals surface area contributed by atoms with Crippen molar-refractivity contribution in [1.29, 1.82) is 0 Å². The number of anilines is 1. The van der Waals surface area contributed by atoms with Gasteiger partial charge in [0.25, 0.3) is 11.5 Å². The van der Waals surface area contributed by atoms with Crippen molar-refractivity contribution in [3.05, 3.63) is 86.8 Å². The molecule has 1 heterocycles. The van der Waals surface area contributed by atoms with Crippen molar-refractivity contribution in [2.45, 2.75) is 6.92 Å². The molecule has 2 aromatic carbocycles. The minimum absolute atomic E-state index is 0.00577. The lowest BCUT2D eigenvalue weighted by Crippen LogP contribution is -2.26. The van der Waals surface area contributed by atoms with Crippen LogP contribution in [0.4, 0.5) is 5.69 Å². The standard InChI is InChI=1S/C21H18BrN3O4/c1-13-19(21(29)25(24(13)2)16-6-4-3-5-7-16)23-20(28)18(27)12-17(26)14-8-10-15(22)11-9-14/h3-12,26H,1-2H3,(H,23,28). The number of benzene rings is 2. The normalized spacial score (nSPS) is 11.3. The molecule has 2 N–H and O–H groups in total. The second-order valence-electron chi connectivity index (χ2n) is 6.29. The number of aliphatic hydroxyl groups is 1. The van der Waals surface area contributed by atoms with Gasteiger partial charge in [-0.1, -0.05) is 46.3 Å². The highest BCUT2D eigenvalue weighted by molar-refractivity contribution is 9.10. The van der Waals surface area contributed by atoms with Crippen molar-refractivity contribution < 1.29 is 14.7 Å². The molecule has 0 aliphatic heterocycles. The SMILES string of the molecule is Cc1c(NC(=O)C(=O)C=C(O)c2ccc(Br)cc2)c(=O)n(-c2ccccc2)n1C. The number of halogens is 1. The molecule has 3 aromatic rings. The Morgan fingerprint density at radius 2 is 1.69 bits per heavy atom. The number of para-hydroxylation sites is 1. The van der Waals surface area contributed by atoms with Crippen LogP contribution in [-0.2, 0) is 16.6 Å². The number of nitrogens with one attached hydrogen (secondary N) is 1. The van der Waals surface area contributed by atoms with E-state index in [1.54, 1.807) is 67.2 Å². The molecule has 3 rings (SSSR count). The lowest BCUT2D eigenvalue weighted by atomic mass is 10.1. The van der Waals surface area contributed by atoms with Crippen LogP contribution in [0.5, 0.6) is 0 Å². The van der Waals surface area contributed by atoms with Gasteiger partial charge >= 0.3 is 0 Å². The van der Waals surface area contributed by atoms with Gasteiger partial charge in [-0.15, -0.1) is 0 Å². The number of hydrogen-bond acceptors (Lipinski definition) is 4. The van der Waals surface area contributed by atoms with Crippen LogP contribution in [0.15, 0.2) is 69.9 Å². The molecule has 0 aliphatic rings. The third-order valence-electron chi connectivity index (χ3n) is 4.42. The van der Waals surface area contributed by atoms with Crippen LogP contribution in [0.3, 0.4) is 0 Å². The second-order valence-corrected chi connectivity index (χ2v) is 7.21. The van der Waals surface area contributed by atoms with Gasteiger partial charge in [-0.3, -0.25) is 19.1 Å². The second kappa shape index (κ2) is 8.32. The maximum absolute atomic E-state index is 12.8. The summed E-state index contributed by atoms with van der Waals surface area (Å²) in [5.74, 6) is -2.33. The van der Waals surface area contributed by atoms with E-state index in [1.807, 2.05) is 6.07 Å². The summed E-state index contributed by atoms with van der Waals surface area (Å²) in [6, 6.07) is 15.5. The first kappa shape index (κ1) is 20.3. The van der Waals surface area contributed by atoms with Gasteiger partial charge in [0.15, 0.2) is 0 Å². The molecule has 29 heavy (non-hydrogen) atoms. The lowest BCUT2D eigenvalue weighted by Gasteiger charge is -2.07. The third-order valence-corrected chi connectivity index (χ3v) is 4.95. The van der Waals surface area contributed by atoms with E-state index in [-0.39, 0.29) is 11.4 Å². The highest BCUT2D eigenvalue weighted by Gasteiger charge is 2.21. The summed E-state index contributed by atoms with van der Waals surface area (Å²) in [5, 5.41) is 12.4. The van der Waals surface area contributed by atoms with E-state index >= 15 is 0 Å². The van der Waals surface area contributed by atoms with Crippen molar-refractivity contribution in [3.8, 4) is 5.69 Å². The van der Waals surface area contributed by atoms with Gasteiger partial charge in [-0.2, -0.15) is 0 Å². The van der Waals surface area contributed by atoms with E-state index in [2.05, 4.69) is 21.2 Å². The first-order chi connectivity index (χ1) is 13.8. The van der Waals surface area contributed by atoms with Crippen LogP contribution in [0.25, 0.3) is 11.4 Å². The van der Waals surface area contributed by atoms with Gasteiger partial charge in [0.2, 0.25) is 5.78 Å². The molecule has 148 valence electrons. The smallest absolute Gasteiger partial charge is 0.296 e. The summed E-state index contributed by atoms with van der Waals surface area (Å²) in [4.78, 5) is 37.3. The zero-order chi connectivity index (χ0) is 21.1. The predicted octanol–water partition coefficient (Wildman–Crippen LogP) is 3.35. The molecule has 1 amide bonds. The van der Waals surface area contributed by atoms with Gasteiger partial charge in [-0.25, -0.2) is 4.68 Å². The molecule has 0 aliphatic carbocycles. The number of aliphatic hydroxyl groups excluding tert-OH is 1. The molecule has 1 aromatic heterocycles. The largest absolute Gasteiger partial charge is 0.507 e. The molecule has 0 fully saturated rings. The maximum Gasteiger partial charge on any atom is 0.296 e. The summed E-state index contributed by atoms with van der Waals surface area (Å²) < 4.78 is 3.80. The third kappa shape index (κ3) is 4.22. The maximum atomic E-state index is 12.8. The topological polar surface area (TPSA) is 93.3 Å². The predicted molar refractivity (Wildman–Crippen MR) is 114 cm³/mol. The molecule has 0 bridgehead atoms. The Labute approximate surface area is 175 Å². The number of aromatic nitrogens is 2. The van der Waals surface area contributed by atoms with Gasteiger partial charge in [0.1, 0.15) is 11.4 Å². The molecule has 0 saturated carbocycles. The average molecular weight is 456 g/mol. The number of carbonyl (C=O) groups is 2. The Balaban J connectivity index is 1.86. The number of ketones is 1. The zero-order valence-electron chi connectivity index (χ0n) is 15.7. The molecule has 0 unspecified atom stereocenters. The van der Waals surface area contributed by atoms with Crippen LogP contribution in [0.1, 0.15) is 11.3 Å². The monoisotopic (exact) mass is 455 g/mol. The fourth-order valence-electron chi connectivity index (χ4n) is 2.78. The highest BCUT2D eigenvalue weighted by atomic mass is 79.9. The minimum atomic E-state index is -1.01. The van der Waals surface area contributed by atoms with E-state index in [1.165, 1.54) is 4.68 Å². The number of amides is 1. The molecular weight excluding hydrogens is 438 g/mol. The Morgan fingerprint density at radius 3 is 2.31 bits per heavy atom. The Kier molecular flexibility index (Phi) is 5.84. The van der Waals surface area contributed by atoms with E-state index in [0.717, 1.165) is 10.5 Å². The molecular formula is C21H18BrN3O4. The highest BCUT2D eigenvalue weighted by Crippen LogP contribution is 2.17. The average Bonchev–Trinajstić information content (AvgIpc) is 2.92. The van der Waals surface area contributed by atoms with Crippen molar-refractivity contribution >= 4 is 39.1 Å². The van der Waals surface area contributed by atoms with E-state index in [9.17, 15) is 19.5 Å². The molecule has 0 saturated heterocycles. The van der Waals surface area contributed by atoms with Crippen LogP contribution in [0.2, 0.25) is 0 Å². The number of rotatable bonds is 5. The molecule has 7 nitrogen and oxygen atoms in total. The molecule has 8 heteroatoms.